The predicted octanol–water partition coefficient (Wildman–Crippen LogP) is 3.26. The first-order chi connectivity index (χ1) is 14.6. The number of benzene rings is 1. The minimum atomic E-state index is -3.90. The van der Waals surface area contributed by atoms with Crippen molar-refractivity contribution in [3.8, 4) is 0 Å². The first-order valence-electron chi connectivity index (χ1n) is 9.69. The molecule has 31 heavy (non-hydrogen) atoms. The van der Waals surface area contributed by atoms with Crippen molar-refractivity contribution in [3.05, 3.63) is 50.8 Å². The van der Waals surface area contributed by atoms with E-state index in [9.17, 15) is 18.0 Å². The van der Waals surface area contributed by atoms with Crippen molar-refractivity contribution in [3.63, 3.8) is 0 Å². The molecule has 1 aliphatic rings. The van der Waals surface area contributed by atoms with E-state index in [0.29, 0.717) is 16.8 Å². The van der Waals surface area contributed by atoms with E-state index in [0.717, 1.165) is 0 Å². The average Bonchev–Trinajstić information content (AvgIpc) is 3.01. The molecule has 0 atom stereocenters. The van der Waals surface area contributed by atoms with Crippen LogP contribution < -0.4 is 0 Å². The molecule has 2 aromatic rings. The lowest BCUT2D eigenvalue weighted by molar-refractivity contribution is 0.0519. The molecular weight excluding hydrogens is 465 g/mol. The van der Waals surface area contributed by atoms with Crippen molar-refractivity contribution in [2.24, 2.45) is 0 Å². The summed E-state index contributed by atoms with van der Waals surface area (Å²) in [6, 6.07) is 4.52. The van der Waals surface area contributed by atoms with Gasteiger partial charge in [-0.2, -0.15) is 4.31 Å². The summed E-state index contributed by atoms with van der Waals surface area (Å²) in [5, 5.41) is 0.104. The maximum Gasteiger partial charge on any atom is 0.355 e. The van der Waals surface area contributed by atoms with Crippen LogP contribution in [0.2, 0.25) is 10.0 Å². The van der Waals surface area contributed by atoms with Crippen LogP contribution in [0.15, 0.2) is 23.1 Å². The molecule has 0 unspecified atom stereocenters. The predicted molar refractivity (Wildman–Crippen MR) is 117 cm³/mol. The van der Waals surface area contributed by atoms with Crippen LogP contribution in [0.25, 0.3) is 0 Å². The number of nitrogens with one attached hydrogen (secondary N) is 1. The Morgan fingerprint density at radius 1 is 1.10 bits per heavy atom. The van der Waals surface area contributed by atoms with Gasteiger partial charge in [-0.15, -0.1) is 0 Å². The van der Waals surface area contributed by atoms with Crippen LogP contribution in [-0.2, 0) is 14.8 Å². The molecule has 0 saturated carbocycles. The van der Waals surface area contributed by atoms with Gasteiger partial charge < -0.3 is 14.6 Å². The number of sulfonamides is 1. The third-order valence-electron chi connectivity index (χ3n) is 5.17. The van der Waals surface area contributed by atoms with Gasteiger partial charge in [-0.1, -0.05) is 29.3 Å². The molecule has 0 spiro atoms. The Morgan fingerprint density at radius 2 is 1.68 bits per heavy atom. The molecule has 2 heterocycles. The molecule has 1 aromatic carbocycles. The maximum atomic E-state index is 13.1. The van der Waals surface area contributed by atoms with Gasteiger partial charge in [0.25, 0.3) is 5.91 Å². The molecule has 0 bridgehead atoms. The number of rotatable bonds is 5. The number of carbonyl (C=O) groups is 2. The third kappa shape index (κ3) is 4.45. The topological polar surface area (TPSA) is 99.8 Å². The molecular formula is C20H23Cl2N3O5S. The lowest BCUT2D eigenvalue weighted by atomic mass is 10.1. The van der Waals surface area contributed by atoms with Crippen molar-refractivity contribution in [1.82, 2.24) is 14.2 Å². The van der Waals surface area contributed by atoms with Crippen LogP contribution >= 0.6 is 23.2 Å². The lowest BCUT2D eigenvalue weighted by Crippen LogP contribution is -2.50. The summed E-state index contributed by atoms with van der Waals surface area (Å²) in [6.07, 6.45) is 0. The number of piperazine rings is 1. The number of aromatic amines is 1. The lowest BCUT2D eigenvalue weighted by Gasteiger charge is -2.34. The number of aryl methyl sites for hydroxylation is 1. The Kier molecular flexibility index (Phi) is 7.00. The van der Waals surface area contributed by atoms with E-state index in [1.807, 2.05) is 0 Å². The molecule has 3 rings (SSSR count). The van der Waals surface area contributed by atoms with Gasteiger partial charge in [0.2, 0.25) is 10.0 Å². The average molecular weight is 488 g/mol. The number of nitrogens with zero attached hydrogens (tertiary/aromatic N) is 2. The van der Waals surface area contributed by atoms with Crippen LogP contribution in [0.5, 0.6) is 0 Å². The molecule has 11 heteroatoms. The second kappa shape index (κ2) is 9.20. The van der Waals surface area contributed by atoms with Crippen molar-refractivity contribution < 1.29 is 22.7 Å². The van der Waals surface area contributed by atoms with E-state index in [1.165, 1.54) is 16.4 Å². The Bertz CT molecular complexity index is 1100. The maximum absolute atomic E-state index is 13.1. The summed E-state index contributed by atoms with van der Waals surface area (Å²) in [6.45, 7) is 5.92. The Labute approximate surface area is 191 Å². The standard InChI is InChI=1S/C20H23Cl2N3O5S/c1-4-30-20(27)17-12(2)16(13(3)23-17)19(26)24-8-10-25(11-9-24)31(28,29)18-14(21)6-5-7-15(18)22/h5-7,23H,4,8-11H2,1-3H3. The molecule has 1 amide bonds. The van der Waals surface area contributed by atoms with Crippen molar-refractivity contribution in [2.75, 3.05) is 32.8 Å². The number of halogens is 2. The fourth-order valence-electron chi connectivity index (χ4n) is 3.63. The molecule has 8 nitrogen and oxygen atoms in total. The summed E-state index contributed by atoms with van der Waals surface area (Å²) < 4.78 is 32.3. The zero-order chi connectivity index (χ0) is 22.9. The van der Waals surface area contributed by atoms with Crippen LogP contribution in [0.1, 0.15) is 39.0 Å². The van der Waals surface area contributed by atoms with E-state index >= 15 is 0 Å². The number of aromatic nitrogens is 1. The first kappa shape index (κ1) is 23.6. The van der Waals surface area contributed by atoms with E-state index in [-0.39, 0.29) is 59.3 Å². The highest BCUT2D eigenvalue weighted by Crippen LogP contribution is 2.32. The molecule has 0 aliphatic carbocycles. The normalized spacial score (nSPS) is 15.2. The zero-order valence-electron chi connectivity index (χ0n) is 17.4. The third-order valence-corrected chi connectivity index (χ3v) is 8.03. The molecule has 1 aliphatic heterocycles. The van der Waals surface area contributed by atoms with E-state index in [4.69, 9.17) is 27.9 Å². The van der Waals surface area contributed by atoms with Crippen LogP contribution in [0.3, 0.4) is 0 Å². The molecule has 168 valence electrons. The van der Waals surface area contributed by atoms with E-state index in [2.05, 4.69) is 4.98 Å². The van der Waals surface area contributed by atoms with Gasteiger partial charge in [-0.3, -0.25) is 4.79 Å². The van der Waals surface area contributed by atoms with E-state index < -0.39 is 16.0 Å². The Morgan fingerprint density at radius 3 is 2.23 bits per heavy atom. The summed E-state index contributed by atoms with van der Waals surface area (Å²) in [7, 11) is -3.90. The molecule has 1 aromatic heterocycles. The van der Waals surface area contributed by atoms with E-state index in [1.54, 1.807) is 31.7 Å². The van der Waals surface area contributed by atoms with Crippen molar-refractivity contribution >= 4 is 45.1 Å². The number of ether oxygens (including phenoxy) is 1. The zero-order valence-corrected chi connectivity index (χ0v) is 19.7. The van der Waals surface area contributed by atoms with Gasteiger partial charge in [0.15, 0.2) is 0 Å². The van der Waals surface area contributed by atoms with Gasteiger partial charge in [-0.05, 0) is 38.5 Å². The largest absolute Gasteiger partial charge is 0.461 e. The minimum Gasteiger partial charge on any atom is -0.461 e. The molecule has 1 N–H and O–H groups in total. The van der Waals surface area contributed by atoms with Gasteiger partial charge in [-0.25, -0.2) is 13.2 Å². The first-order valence-corrected chi connectivity index (χ1v) is 11.9. The van der Waals surface area contributed by atoms with Crippen LogP contribution in [0, 0.1) is 13.8 Å². The number of amides is 1. The van der Waals surface area contributed by atoms with Crippen molar-refractivity contribution in [2.45, 2.75) is 25.7 Å². The number of carbonyl (C=O) groups excluding carboxylic acids is 2. The SMILES string of the molecule is CCOC(=O)c1[nH]c(C)c(C(=O)N2CCN(S(=O)(=O)c3c(Cl)cccc3Cl)CC2)c1C. The van der Waals surface area contributed by atoms with Gasteiger partial charge in [0, 0.05) is 31.9 Å². The number of H-pyrrole nitrogens is 1. The highest BCUT2D eigenvalue weighted by molar-refractivity contribution is 7.89. The summed E-state index contributed by atoms with van der Waals surface area (Å²) in [4.78, 5) is 29.6. The second-order valence-electron chi connectivity index (χ2n) is 7.09. The number of hydrogen-bond acceptors (Lipinski definition) is 5. The van der Waals surface area contributed by atoms with Gasteiger partial charge >= 0.3 is 5.97 Å². The monoisotopic (exact) mass is 487 g/mol. The summed E-state index contributed by atoms with van der Waals surface area (Å²) in [5.41, 5.74) is 1.72. The highest BCUT2D eigenvalue weighted by Gasteiger charge is 2.34. The van der Waals surface area contributed by atoms with Gasteiger partial charge in [0.05, 0.1) is 22.2 Å². The number of hydrogen-bond donors (Lipinski definition) is 1. The second-order valence-corrected chi connectivity index (χ2v) is 9.78. The Balaban J connectivity index is 1.77. The van der Waals surface area contributed by atoms with Crippen LogP contribution in [0.4, 0.5) is 0 Å². The minimum absolute atomic E-state index is 0.0519. The Hall–Kier alpha value is -2.07. The summed E-state index contributed by atoms with van der Waals surface area (Å²) in [5.74, 6) is -0.788. The molecule has 1 fully saturated rings. The molecule has 0 radical (unpaired) electrons. The van der Waals surface area contributed by atoms with Gasteiger partial charge in [0.1, 0.15) is 10.6 Å². The molecule has 1 saturated heterocycles. The van der Waals surface area contributed by atoms with Crippen LogP contribution in [-0.4, -0.2) is 67.3 Å². The fourth-order valence-corrected chi connectivity index (χ4v) is 6.14. The summed E-state index contributed by atoms with van der Waals surface area (Å²) >= 11 is 12.2. The highest BCUT2D eigenvalue weighted by atomic mass is 35.5. The smallest absolute Gasteiger partial charge is 0.355 e. The quantitative estimate of drug-likeness (QED) is 0.652. The number of esters is 1. The van der Waals surface area contributed by atoms with Crippen molar-refractivity contribution in [1.29, 1.82) is 0 Å². The fraction of sp³-hybridized carbons (Fsp3) is 0.400.